The Kier molecular flexibility index (Phi) is 4.89. The number of esters is 1. The van der Waals surface area contributed by atoms with Crippen molar-refractivity contribution >= 4 is 21.7 Å². The van der Waals surface area contributed by atoms with Gasteiger partial charge in [0.25, 0.3) is 0 Å². The minimum Gasteiger partial charge on any atom is -0.467 e. The summed E-state index contributed by atoms with van der Waals surface area (Å²) in [5.74, 6) is -1.37. The van der Waals surface area contributed by atoms with Gasteiger partial charge in [-0.05, 0) is 13.3 Å². The number of sulfone groups is 1. The molecule has 0 radical (unpaired) electrons. The van der Waals surface area contributed by atoms with E-state index in [0.717, 1.165) is 0 Å². The number of carbonyl (C=O) groups excluding carboxylic acids is 2. The molecule has 19 heavy (non-hydrogen) atoms. The Bertz CT molecular complexity index is 508. The summed E-state index contributed by atoms with van der Waals surface area (Å²) in [6, 6.07) is 0.243. The Labute approximate surface area is 112 Å². The lowest BCUT2D eigenvalue weighted by Crippen LogP contribution is -2.50. The second-order valence-electron chi connectivity index (χ2n) is 4.39. The van der Waals surface area contributed by atoms with Gasteiger partial charge in [-0.25, -0.2) is 13.2 Å². The Morgan fingerprint density at radius 3 is 2.58 bits per heavy atom. The molecule has 2 unspecified atom stereocenters. The summed E-state index contributed by atoms with van der Waals surface area (Å²) in [5.41, 5.74) is 0. The molecule has 0 aromatic heterocycles. The van der Waals surface area contributed by atoms with E-state index in [0.29, 0.717) is 0 Å². The molecule has 0 N–H and O–H groups in total. The first-order valence-electron chi connectivity index (χ1n) is 5.78. The van der Waals surface area contributed by atoms with Gasteiger partial charge in [-0.2, -0.15) is 5.26 Å². The number of methoxy groups -OCH3 is 1. The van der Waals surface area contributed by atoms with E-state index in [4.69, 9.17) is 5.26 Å². The molecule has 7 nitrogen and oxygen atoms in total. The number of ether oxygens (including phenoxy) is 1. The minimum absolute atomic E-state index is 0.0120. The summed E-state index contributed by atoms with van der Waals surface area (Å²) < 4.78 is 27.5. The first-order chi connectivity index (χ1) is 8.82. The average molecular weight is 288 g/mol. The van der Waals surface area contributed by atoms with E-state index in [9.17, 15) is 18.0 Å². The van der Waals surface area contributed by atoms with Crippen LogP contribution in [0, 0.1) is 11.3 Å². The van der Waals surface area contributed by atoms with E-state index in [-0.39, 0.29) is 17.9 Å². The second-order valence-corrected chi connectivity index (χ2v) is 6.62. The van der Waals surface area contributed by atoms with Gasteiger partial charge in [-0.1, -0.05) is 0 Å². The lowest BCUT2D eigenvalue weighted by molar-refractivity contribution is -0.153. The molecule has 106 valence electrons. The maximum atomic E-state index is 11.9. The first kappa shape index (κ1) is 15.4. The quantitative estimate of drug-likeness (QED) is 0.644. The van der Waals surface area contributed by atoms with Crippen molar-refractivity contribution in [2.75, 3.05) is 18.6 Å². The van der Waals surface area contributed by atoms with Gasteiger partial charge < -0.3 is 9.64 Å². The van der Waals surface area contributed by atoms with Crippen LogP contribution in [0.3, 0.4) is 0 Å². The van der Waals surface area contributed by atoms with Gasteiger partial charge in [0.15, 0.2) is 9.84 Å². The first-order valence-corrected chi connectivity index (χ1v) is 7.61. The van der Waals surface area contributed by atoms with E-state index in [1.54, 1.807) is 6.07 Å². The number of carbonyl (C=O) groups is 2. The van der Waals surface area contributed by atoms with E-state index in [1.807, 2.05) is 0 Å². The van der Waals surface area contributed by atoms with Crippen molar-refractivity contribution in [3.05, 3.63) is 0 Å². The van der Waals surface area contributed by atoms with E-state index < -0.39 is 40.2 Å². The van der Waals surface area contributed by atoms with Crippen molar-refractivity contribution in [3.8, 4) is 6.07 Å². The van der Waals surface area contributed by atoms with Gasteiger partial charge in [0.05, 0.1) is 24.7 Å². The van der Waals surface area contributed by atoms with Gasteiger partial charge in [0.2, 0.25) is 5.91 Å². The molecule has 1 aliphatic rings. The minimum atomic E-state index is -3.18. The average Bonchev–Trinajstić information content (AvgIpc) is 2.69. The molecular weight excluding hydrogens is 272 g/mol. The lowest BCUT2D eigenvalue weighted by atomic mass is 10.1. The van der Waals surface area contributed by atoms with Crippen molar-refractivity contribution in [2.45, 2.75) is 31.8 Å². The number of hydrogen-bond acceptors (Lipinski definition) is 6. The topological polar surface area (TPSA) is 105 Å². The third kappa shape index (κ3) is 3.67. The maximum Gasteiger partial charge on any atom is 0.328 e. The highest BCUT2D eigenvalue weighted by Gasteiger charge is 2.39. The molecule has 0 saturated carbocycles. The Morgan fingerprint density at radius 2 is 2.16 bits per heavy atom. The van der Waals surface area contributed by atoms with Gasteiger partial charge in [-0.15, -0.1) is 0 Å². The molecule has 2 atom stereocenters. The van der Waals surface area contributed by atoms with E-state index >= 15 is 0 Å². The number of amides is 1. The fourth-order valence-corrected chi connectivity index (χ4v) is 3.89. The standard InChI is InChI=1S/C11H16N2O5S/c1-8(11(15)18-2)13(10(14)3-5-12)9-4-6-19(16,17)7-9/h8-9H,3-4,6-7H2,1-2H3. The molecule has 1 heterocycles. The predicted octanol–water partition coefficient (Wildman–Crippen LogP) is -0.523. The second kappa shape index (κ2) is 6.02. The summed E-state index contributed by atoms with van der Waals surface area (Å²) in [5, 5.41) is 8.58. The SMILES string of the molecule is COC(=O)C(C)N(C(=O)CC#N)C1CCS(=O)(=O)C1. The molecule has 0 aromatic rings. The van der Waals surface area contributed by atoms with Crippen LogP contribution in [0.5, 0.6) is 0 Å². The van der Waals surface area contributed by atoms with Crippen molar-refractivity contribution in [1.29, 1.82) is 5.26 Å². The summed E-state index contributed by atoms with van der Waals surface area (Å²) in [7, 11) is -1.99. The van der Waals surface area contributed by atoms with Gasteiger partial charge in [0, 0.05) is 6.04 Å². The van der Waals surface area contributed by atoms with Crippen LogP contribution in [0.1, 0.15) is 19.8 Å². The molecule has 1 saturated heterocycles. The third-order valence-electron chi connectivity index (χ3n) is 3.08. The molecule has 1 amide bonds. The summed E-state index contributed by atoms with van der Waals surface area (Å²) in [6.07, 6.45) is -0.112. The van der Waals surface area contributed by atoms with E-state index in [2.05, 4.69) is 4.74 Å². The number of nitriles is 1. The predicted molar refractivity (Wildman–Crippen MR) is 65.6 cm³/mol. The van der Waals surface area contributed by atoms with Crippen molar-refractivity contribution in [3.63, 3.8) is 0 Å². The summed E-state index contributed by atoms with van der Waals surface area (Å²) in [4.78, 5) is 24.6. The molecule has 8 heteroatoms. The van der Waals surface area contributed by atoms with Crippen molar-refractivity contribution in [1.82, 2.24) is 4.90 Å². The zero-order chi connectivity index (χ0) is 14.6. The fraction of sp³-hybridized carbons (Fsp3) is 0.727. The number of hydrogen-bond donors (Lipinski definition) is 0. The van der Waals surface area contributed by atoms with Crippen molar-refractivity contribution < 1.29 is 22.7 Å². The lowest BCUT2D eigenvalue weighted by Gasteiger charge is -2.31. The summed E-state index contributed by atoms with van der Waals surface area (Å²) >= 11 is 0. The molecule has 0 bridgehead atoms. The van der Waals surface area contributed by atoms with Crippen molar-refractivity contribution in [2.24, 2.45) is 0 Å². The fourth-order valence-electron chi connectivity index (χ4n) is 2.17. The summed E-state index contributed by atoms with van der Waals surface area (Å²) in [6.45, 7) is 1.46. The van der Waals surface area contributed by atoms with Crippen LogP contribution in [-0.2, 0) is 24.2 Å². The number of rotatable bonds is 4. The van der Waals surface area contributed by atoms with Crippen LogP contribution >= 0.6 is 0 Å². The zero-order valence-corrected chi connectivity index (χ0v) is 11.6. The Hall–Kier alpha value is -1.62. The highest BCUT2D eigenvalue weighted by atomic mass is 32.2. The smallest absolute Gasteiger partial charge is 0.328 e. The molecule has 1 aliphatic heterocycles. The monoisotopic (exact) mass is 288 g/mol. The normalized spacial score (nSPS) is 22.3. The molecule has 1 rings (SSSR count). The van der Waals surface area contributed by atoms with E-state index in [1.165, 1.54) is 18.9 Å². The van der Waals surface area contributed by atoms with Gasteiger partial charge in [0.1, 0.15) is 12.5 Å². The molecule has 0 aliphatic carbocycles. The van der Waals surface area contributed by atoms with Gasteiger partial charge in [-0.3, -0.25) is 4.79 Å². The highest BCUT2D eigenvalue weighted by molar-refractivity contribution is 7.91. The Morgan fingerprint density at radius 1 is 1.53 bits per heavy atom. The largest absolute Gasteiger partial charge is 0.467 e. The van der Waals surface area contributed by atoms with Gasteiger partial charge >= 0.3 is 5.97 Å². The maximum absolute atomic E-state index is 11.9. The Balaban J connectivity index is 2.97. The number of nitrogens with zero attached hydrogens (tertiary/aromatic N) is 2. The molecule has 1 fully saturated rings. The van der Waals surface area contributed by atoms with Crippen LogP contribution in [-0.4, -0.2) is 55.9 Å². The van der Waals surface area contributed by atoms with Crippen LogP contribution in [0.2, 0.25) is 0 Å². The highest BCUT2D eigenvalue weighted by Crippen LogP contribution is 2.21. The van der Waals surface area contributed by atoms with Crippen LogP contribution in [0.15, 0.2) is 0 Å². The van der Waals surface area contributed by atoms with Crippen LogP contribution in [0.25, 0.3) is 0 Å². The van der Waals surface area contributed by atoms with Crippen LogP contribution < -0.4 is 0 Å². The van der Waals surface area contributed by atoms with Crippen LogP contribution in [0.4, 0.5) is 0 Å². The molecule has 0 aromatic carbocycles. The third-order valence-corrected chi connectivity index (χ3v) is 4.83. The molecule has 0 spiro atoms. The molecular formula is C11H16N2O5S. The zero-order valence-electron chi connectivity index (χ0n) is 10.8.